The smallest absolute Gasteiger partial charge is 0.252 e. The van der Waals surface area contributed by atoms with Crippen molar-refractivity contribution in [2.75, 3.05) is 0 Å². The molecule has 1 N–H and O–H groups in total. The van der Waals surface area contributed by atoms with Crippen LogP contribution in [0.15, 0.2) is 84.0 Å². The zero-order valence-corrected chi connectivity index (χ0v) is 18.3. The molecule has 0 unspecified atom stereocenters. The van der Waals surface area contributed by atoms with Crippen molar-refractivity contribution in [1.29, 1.82) is 0 Å². The molecule has 1 amide bonds. The number of nitrogens with one attached hydrogen (secondary N) is 1. The first-order valence-electron chi connectivity index (χ1n) is 10.7. The molecule has 6 heteroatoms. The normalized spacial score (nSPS) is 13.1. The molecule has 0 bridgehead atoms. The Kier molecular flexibility index (Phi) is 6.03. The molecule has 4 aromatic rings. The van der Waals surface area contributed by atoms with Crippen LogP contribution in [0.1, 0.15) is 34.5 Å². The maximum atomic E-state index is 12.8. The lowest BCUT2D eigenvalue weighted by atomic mass is 10.1. The molecule has 2 aromatic heterocycles. The Bertz CT molecular complexity index is 1230. The number of carbonyl (C=O) groups is 1. The van der Waals surface area contributed by atoms with Crippen LogP contribution < -0.4 is 10.1 Å². The average Bonchev–Trinajstić information content (AvgIpc) is 3.66. The number of thioether (sulfide) groups is 1. The zero-order chi connectivity index (χ0) is 21.8. The number of hydrogen-bond acceptors (Lipinski definition) is 5. The van der Waals surface area contributed by atoms with Crippen LogP contribution >= 0.6 is 11.8 Å². The molecule has 5 rings (SSSR count). The van der Waals surface area contributed by atoms with Crippen molar-refractivity contribution >= 4 is 28.6 Å². The van der Waals surface area contributed by atoms with E-state index in [2.05, 4.69) is 22.4 Å². The lowest BCUT2D eigenvalue weighted by Gasteiger charge is -2.10. The third kappa shape index (κ3) is 5.08. The number of rotatable bonds is 8. The number of fused-ring (bicyclic) bond motifs is 1. The van der Waals surface area contributed by atoms with Crippen LogP contribution in [-0.2, 0) is 12.4 Å². The minimum Gasteiger partial charge on any atom is -0.487 e. The molecule has 1 aliphatic rings. The molecule has 2 heterocycles. The van der Waals surface area contributed by atoms with Gasteiger partial charge in [-0.05, 0) is 54.8 Å². The van der Waals surface area contributed by atoms with E-state index in [0.717, 1.165) is 46.0 Å². The summed E-state index contributed by atoms with van der Waals surface area (Å²) in [6, 6.07) is 23.9. The first kappa shape index (κ1) is 20.5. The molecular weight excluding hydrogens is 418 g/mol. The SMILES string of the molecule is O=C(NC1CC1)c1cc(SCc2ccc(OCc3ccccn3)cc2)nc2ccccc12. The van der Waals surface area contributed by atoms with Gasteiger partial charge in [0.15, 0.2) is 0 Å². The van der Waals surface area contributed by atoms with Gasteiger partial charge in [0.05, 0.1) is 21.8 Å². The summed E-state index contributed by atoms with van der Waals surface area (Å²) in [7, 11) is 0. The fourth-order valence-corrected chi connectivity index (χ4v) is 4.25. The van der Waals surface area contributed by atoms with Crippen LogP contribution in [0.2, 0.25) is 0 Å². The van der Waals surface area contributed by atoms with Gasteiger partial charge in [0.2, 0.25) is 0 Å². The Morgan fingerprint density at radius 3 is 2.62 bits per heavy atom. The molecule has 0 aliphatic heterocycles. The molecule has 1 saturated carbocycles. The lowest BCUT2D eigenvalue weighted by Crippen LogP contribution is -2.25. The maximum absolute atomic E-state index is 12.8. The van der Waals surface area contributed by atoms with Crippen molar-refractivity contribution in [3.05, 3.63) is 95.8 Å². The molecule has 5 nitrogen and oxygen atoms in total. The lowest BCUT2D eigenvalue weighted by molar-refractivity contribution is 0.0952. The molecule has 1 aliphatic carbocycles. The van der Waals surface area contributed by atoms with Gasteiger partial charge in [0.1, 0.15) is 12.4 Å². The van der Waals surface area contributed by atoms with E-state index >= 15 is 0 Å². The molecule has 0 spiro atoms. The molecular formula is C26H23N3O2S. The van der Waals surface area contributed by atoms with E-state index in [0.29, 0.717) is 18.2 Å². The van der Waals surface area contributed by atoms with Crippen LogP contribution in [0.3, 0.4) is 0 Å². The van der Waals surface area contributed by atoms with Crippen LogP contribution in [0.5, 0.6) is 5.75 Å². The minimum atomic E-state index is -0.0117. The van der Waals surface area contributed by atoms with E-state index in [-0.39, 0.29) is 5.91 Å². The van der Waals surface area contributed by atoms with Crippen molar-refractivity contribution in [2.24, 2.45) is 0 Å². The Balaban J connectivity index is 1.26. The van der Waals surface area contributed by atoms with Gasteiger partial charge in [-0.1, -0.05) is 36.4 Å². The summed E-state index contributed by atoms with van der Waals surface area (Å²) < 4.78 is 5.81. The summed E-state index contributed by atoms with van der Waals surface area (Å²) >= 11 is 1.63. The molecule has 32 heavy (non-hydrogen) atoms. The van der Waals surface area contributed by atoms with E-state index < -0.39 is 0 Å². The Morgan fingerprint density at radius 1 is 1.03 bits per heavy atom. The summed E-state index contributed by atoms with van der Waals surface area (Å²) in [4.78, 5) is 21.8. The third-order valence-electron chi connectivity index (χ3n) is 5.27. The van der Waals surface area contributed by atoms with Crippen molar-refractivity contribution < 1.29 is 9.53 Å². The van der Waals surface area contributed by atoms with Gasteiger partial charge < -0.3 is 10.1 Å². The fraction of sp³-hybridized carbons (Fsp3) is 0.192. The van der Waals surface area contributed by atoms with Gasteiger partial charge in [-0.2, -0.15) is 0 Å². The minimum absolute atomic E-state index is 0.0117. The first-order valence-corrected chi connectivity index (χ1v) is 11.7. The average molecular weight is 442 g/mol. The second-order valence-corrected chi connectivity index (χ2v) is 8.81. The van der Waals surface area contributed by atoms with Crippen LogP contribution in [-0.4, -0.2) is 21.9 Å². The number of amides is 1. The van der Waals surface area contributed by atoms with Crippen molar-refractivity contribution in [1.82, 2.24) is 15.3 Å². The highest BCUT2D eigenvalue weighted by molar-refractivity contribution is 7.98. The number of hydrogen-bond donors (Lipinski definition) is 1. The molecule has 0 radical (unpaired) electrons. The fourth-order valence-electron chi connectivity index (χ4n) is 3.38. The maximum Gasteiger partial charge on any atom is 0.252 e. The summed E-state index contributed by atoms with van der Waals surface area (Å²) in [6.07, 6.45) is 3.90. The number of ether oxygens (including phenoxy) is 1. The van der Waals surface area contributed by atoms with Crippen molar-refractivity contribution in [3.8, 4) is 5.75 Å². The third-order valence-corrected chi connectivity index (χ3v) is 6.26. The van der Waals surface area contributed by atoms with E-state index in [1.807, 2.05) is 60.7 Å². The zero-order valence-electron chi connectivity index (χ0n) is 17.5. The van der Waals surface area contributed by atoms with Gasteiger partial charge in [-0.25, -0.2) is 4.98 Å². The van der Waals surface area contributed by atoms with E-state index in [1.54, 1.807) is 18.0 Å². The van der Waals surface area contributed by atoms with Crippen LogP contribution in [0.4, 0.5) is 0 Å². The van der Waals surface area contributed by atoms with Gasteiger partial charge >= 0.3 is 0 Å². The number of nitrogens with zero attached hydrogens (tertiary/aromatic N) is 2. The number of benzene rings is 2. The topological polar surface area (TPSA) is 64.1 Å². The Hall–Kier alpha value is -3.38. The van der Waals surface area contributed by atoms with Crippen LogP contribution in [0.25, 0.3) is 10.9 Å². The largest absolute Gasteiger partial charge is 0.487 e. The molecule has 0 atom stereocenters. The number of carbonyl (C=O) groups excluding carboxylic acids is 1. The highest BCUT2D eigenvalue weighted by Crippen LogP contribution is 2.28. The van der Waals surface area contributed by atoms with E-state index in [1.165, 1.54) is 5.56 Å². The van der Waals surface area contributed by atoms with Crippen molar-refractivity contribution in [3.63, 3.8) is 0 Å². The summed E-state index contributed by atoms with van der Waals surface area (Å²) in [5.41, 5.74) is 3.61. The molecule has 2 aromatic carbocycles. The summed E-state index contributed by atoms with van der Waals surface area (Å²) in [5, 5.41) is 4.84. The van der Waals surface area contributed by atoms with E-state index in [9.17, 15) is 4.79 Å². The number of para-hydroxylation sites is 1. The van der Waals surface area contributed by atoms with Gasteiger partial charge in [-0.3, -0.25) is 9.78 Å². The van der Waals surface area contributed by atoms with Gasteiger partial charge in [-0.15, -0.1) is 11.8 Å². The molecule has 160 valence electrons. The van der Waals surface area contributed by atoms with E-state index in [4.69, 9.17) is 9.72 Å². The summed E-state index contributed by atoms with van der Waals surface area (Å²) in [6.45, 7) is 0.446. The highest BCUT2D eigenvalue weighted by atomic mass is 32.2. The predicted molar refractivity (Wildman–Crippen MR) is 127 cm³/mol. The predicted octanol–water partition coefficient (Wildman–Crippen LogP) is 5.39. The first-order chi connectivity index (χ1) is 15.7. The monoisotopic (exact) mass is 441 g/mol. The molecule has 1 fully saturated rings. The standard InChI is InChI=1S/C26H23N3O2S/c30-26(28-19-10-11-19)23-15-25(29-24-7-2-1-6-22(23)24)32-17-18-8-12-21(13-9-18)31-16-20-5-3-4-14-27-20/h1-9,12-15,19H,10-11,16-17H2,(H,28,30). The quantitative estimate of drug-likeness (QED) is 0.371. The van der Waals surface area contributed by atoms with Gasteiger partial charge in [0, 0.05) is 23.4 Å². The second-order valence-electron chi connectivity index (χ2n) is 7.82. The van der Waals surface area contributed by atoms with Crippen LogP contribution in [0, 0.1) is 0 Å². The van der Waals surface area contributed by atoms with Gasteiger partial charge in [0.25, 0.3) is 5.91 Å². The summed E-state index contributed by atoms with van der Waals surface area (Å²) in [5.74, 6) is 1.56. The highest BCUT2D eigenvalue weighted by Gasteiger charge is 2.25. The molecule has 0 saturated heterocycles. The Labute approximate surface area is 191 Å². The Morgan fingerprint density at radius 2 is 1.84 bits per heavy atom. The van der Waals surface area contributed by atoms with Crippen molar-refractivity contribution in [2.45, 2.75) is 36.3 Å². The number of pyridine rings is 2. The number of aromatic nitrogens is 2. The second kappa shape index (κ2) is 9.40.